The molecule has 71 heavy (non-hydrogen) atoms. The topological polar surface area (TPSA) is 511 Å². The van der Waals surface area contributed by atoms with Crippen molar-refractivity contribution < 1.29 is 144 Å². The van der Waals surface area contributed by atoms with Crippen LogP contribution in [0, 0.1) is 0 Å². The highest BCUT2D eigenvalue weighted by Gasteiger charge is 2.59. The minimum absolute atomic E-state index is 0.757. The number of carbonyl (C=O) groups excluding carboxylic acids is 3. The van der Waals surface area contributed by atoms with E-state index in [0.29, 0.717) is 0 Å². The van der Waals surface area contributed by atoms with Crippen molar-refractivity contribution in [3.63, 3.8) is 0 Å². The number of nitrogens with one attached hydrogen (secondary N) is 3. The van der Waals surface area contributed by atoms with Crippen molar-refractivity contribution in [2.24, 2.45) is 0 Å². The van der Waals surface area contributed by atoms with E-state index in [1.54, 1.807) is 0 Å². The number of hydrogen-bond acceptors (Lipinski definition) is 28. The van der Waals surface area contributed by atoms with E-state index in [4.69, 9.17) is 42.6 Å². The van der Waals surface area contributed by atoms with Crippen LogP contribution in [0.5, 0.6) is 0 Å². The van der Waals surface area contributed by atoms with Gasteiger partial charge in [-0.05, 0) is 0 Å². The van der Waals surface area contributed by atoms with E-state index in [9.17, 15) is 101 Å². The van der Waals surface area contributed by atoms with Gasteiger partial charge in [-0.1, -0.05) is 0 Å². The molecule has 5 saturated heterocycles. The van der Waals surface area contributed by atoms with Crippen LogP contribution in [-0.4, -0.2) is 297 Å². The first kappa shape index (κ1) is 58.8. The molecular formula is C39H65N3O29. The van der Waals surface area contributed by atoms with Crippen molar-refractivity contribution in [2.75, 3.05) is 33.0 Å². The van der Waals surface area contributed by atoms with Gasteiger partial charge < -0.3 is 140 Å². The highest BCUT2D eigenvalue weighted by atomic mass is 16.8. The molecule has 0 aliphatic carbocycles. The average Bonchev–Trinajstić information content (AvgIpc) is 3.31. The molecular weight excluding hydrogens is 974 g/mol. The van der Waals surface area contributed by atoms with Crippen LogP contribution >= 0.6 is 0 Å². The first-order valence-corrected chi connectivity index (χ1v) is 22.2. The lowest BCUT2D eigenvalue weighted by atomic mass is 9.88. The summed E-state index contributed by atoms with van der Waals surface area (Å²) in [6.07, 6.45) is -44.9. The summed E-state index contributed by atoms with van der Waals surface area (Å²) >= 11 is 0. The van der Waals surface area contributed by atoms with Gasteiger partial charge in [0, 0.05) is 27.2 Å². The zero-order valence-corrected chi connectivity index (χ0v) is 38.1. The number of carboxylic acids is 1. The maximum Gasteiger partial charge on any atom is 0.364 e. The minimum Gasteiger partial charge on any atom is -0.477 e. The molecule has 0 spiro atoms. The number of carboxylic acid groups (broad SMARTS) is 1. The van der Waals surface area contributed by atoms with Gasteiger partial charge in [0.05, 0.1) is 45.2 Å². The summed E-state index contributed by atoms with van der Waals surface area (Å²) in [6.45, 7) is -2.22. The van der Waals surface area contributed by atoms with Crippen LogP contribution in [0.2, 0.25) is 0 Å². The Balaban J connectivity index is 1.50. The summed E-state index contributed by atoms with van der Waals surface area (Å²) in [5.41, 5.74) is 0. The van der Waals surface area contributed by atoms with Gasteiger partial charge in [0.1, 0.15) is 116 Å². The maximum absolute atomic E-state index is 13.0. The number of aliphatic hydroxyl groups is 15. The number of hydrogen-bond donors (Lipinski definition) is 19. The van der Waals surface area contributed by atoms with E-state index < -0.39 is 222 Å². The Bertz CT molecular complexity index is 1770. The van der Waals surface area contributed by atoms with Crippen molar-refractivity contribution >= 4 is 23.7 Å². The highest BCUT2D eigenvalue weighted by Crippen LogP contribution is 2.38. The molecule has 0 saturated carbocycles. The number of aliphatic hydroxyl groups excluding tert-OH is 15. The molecule has 5 fully saturated rings. The smallest absolute Gasteiger partial charge is 0.364 e. The summed E-state index contributed by atoms with van der Waals surface area (Å²) in [5, 5.41) is 178. The first-order chi connectivity index (χ1) is 33.3. The van der Waals surface area contributed by atoms with Crippen LogP contribution < -0.4 is 16.0 Å². The zero-order valence-electron chi connectivity index (χ0n) is 38.1. The van der Waals surface area contributed by atoms with E-state index in [2.05, 4.69) is 16.0 Å². The lowest BCUT2D eigenvalue weighted by Crippen LogP contribution is -2.71. The molecule has 0 radical (unpaired) electrons. The lowest BCUT2D eigenvalue weighted by Gasteiger charge is -2.51. The largest absolute Gasteiger partial charge is 0.477 e. The van der Waals surface area contributed by atoms with E-state index in [0.717, 1.165) is 20.8 Å². The van der Waals surface area contributed by atoms with Crippen LogP contribution in [0.1, 0.15) is 27.2 Å². The van der Waals surface area contributed by atoms with Gasteiger partial charge in [0.2, 0.25) is 17.7 Å². The minimum atomic E-state index is -3.06. The van der Waals surface area contributed by atoms with Crippen molar-refractivity contribution in [3.8, 4) is 0 Å². The third-order valence-electron chi connectivity index (χ3n) is 12.5. The lowest BCUT2D eigenvalue weighted by molar-refractivity contribution is -0.378. The summed E-state index contributed by atoms with van der Waals surface area (Å²) in [7, 11) is 0. The molecule has 0 bridgehead atoms. The first-order valence-electron chi connectivity index (χ1n) is 22.2. The van der Waals surface area contributed by atoms with Gasteiger partial charge in [0.15, 0.2) is 25.2 Å². The number of amides is 3. The van der Waals surface area contributed by atoms with Crippen LogP contribution in [0.15, 0.2) is 0 Å². The Hall–Kier alpha value is -3.08. The molecule has 26 atom stereocenters. The van der Waals surface area contributed by atoms with Crippen molar-refractivity contribution in [3.05, 3.63) is 0 Å². The van der Waals surface area contributed by atoms with Crippen LogP contribution in [0.3, 0.4) is 0 Å². The van der Waals surface area contributed by atoms with Crippen molar-refractivity contribution in [1.29, 1.82) is 0 Å². The van der Waals surface area contributed by atoms with Gasteiger partial charge in [-0.15, -0.1) is 0 Å². The van der Waals surface area contributed by atoms with E-state index in [1.165, 1.54) is 0 Å². The molecule has 32 nitrogen and oxygen atoms in total. The highest BCUT2D eigenvalue weighted by molar-refractivity contribution is 5.77. The Morgan fingerprint density at radius 2 is 1.06 bits per heavy atom. The molecule has 0 aromatic carbocycles. The summed E-state index contributed by atoms with van der Waals surface area (Å²) < 4.78 is 51.3. The molecule has 32 heteroatoms. The number of ether oxygens (including phenoxy) is 9. The Labute approximate surface area is 402 Å². The third-order valence-corrected chi connectivity index (χ3v) is 12.5. The van der Waals surface area contributed by atoms with E-state index in [-0.39, 0.29) is 0 Å². The van der Waals surface area contributed by atoms with Crippen LogP contribution in [-0.2, 0) is 61.8 Å². The van der Waals surface area contributed by atoms with Gasteiger partial charge in [-0.2, -0.15) is 0 Å². The molecule has 5 aliphatic rings. The molecule has 0 unspecified atom stereocenters. The Morgan fingerprint density at radius 3 is 1.62 bits per heavy atom. The predicted octanol–water partition coefficient (Wildman–Crippen LogP) is -12.3. The SMILES string of the molecule is CC(=O)N[C@H]1[C@H](O[C@@H]2[C@H](O)[C@@H](O)[C@H](O[C@H]3[C@H](O)[C@@H](CO[C@]4(C(=O)O)C[C@H](O)[C@@H](NC(C)=O)[C@H]([C@H](O)[C@H](O)CO)O4)O[C@@H](O[C@@H]4[C@@H](O)[C@H](O)O[C@H](CO)[C@@H]4O)[C@@H]3NC(C)=O)O[C@@H]2CO)O[C@H](CO)[C@H](O)[C@@H]1O. The standard InChI is InChI=1S/C39H65N3O29/c1-10(47)40-19-13(50)4-39(38(61)62,71-32(19)22(52)14(51)5-43)63-9-18-25(55)31(21(42-12(3)49)36(67-18)70-33-24(54)16(7-45)64-34(60)29(33)59)69-37-28(58)27(57)30(17(8-46)66-37)68-35-20(41-11(2)48)26(56)23(53)15(6-44)65-35/h13-37,43-46,50-60H,4-9H2,1-3H3,(H,40,47)(H,41,48)(H,42,49)(H,61,62)/t13-,14+,15+,16+,17+,18+,19+,20+,21+,22+,23-,24-,25+,26+,27+,28+,29+,30-,31+,32+,33-,34+,35-,36-,37-,39+/m0/s1. The van der Waals surface area contributed by atoms with E-state index in [1.807, 2.05) is 0 Å². The maximum atomic E-state index is 13.0. The fraction of sp³-hybridized carbons (Fsp3) is 0.897. The van der Waals surface area contributed by atoms with Crippen molar-refractivity contribution in [1.82, 2.24) is 16.0 Å². The van der Waals surface area contributed by atoms with E-state index >= 15 is 0 Å². The van der Waals surface area contributed by atoms with Crippen molar-refractivity contribution in [2.45, 2.75) is 186 Å². The molecule has 3 amide bonds. The third kappa shape index (κ3) is 13.1. The molecule has 0 aromatic heterocycles. The molecule has 19 N–H and O–H groups in total. The van der Waals surface area contributed by atoms with Gasteiger partial charge in [-0.3, -0.25) is 14.4 Å². The Morgan fingerprint density at radius 1 is 0.563 bits per heavy atom. The van der Waals surface area contributed by atoms with Crippen LogP contribution in [0.25, 0.3) is 0 Å². The second-order valence-electron chi connectivity index (χ2n) is 17.6. The summed E-state index contributed by atoms with van der Waals surface area (Å²) in [4.78, 5) is 49.9. The van der Waals surface area contributed by atoms with Gasteiger partial charge >= 0.3 is 5.97 Å². The fourth-order valence-electron chi connectivity index (χ4n) is 8.83. The van der Waals surface area contributed by atoms with Crippen LogP contribution in [0.4, 0.5) is 0 Å². The summed E-state index contributed by atoms with van der Waals surface area (Å²) in [6, 6.07) is -5.10. The molecule has 5 rings (SSSR count). The molecule has 5 heterocycles. The number of carbonyl (C=O) groups is 4. The predicted molar refractivity (Wildman–Crippen MR) is 219 cm³/mol. The molecule has 5 aliphatic heterocycles. The second kappa shape index (κ2) is 25.0. The zero-order chi connectivity index (χ0) is 53.0. The fourth-order valence-corrected chi connectivity index (χ4v) is 8.83. The monoisotopic (exact) mass is 1040 g/mol. The number of aliphatic carboxylic acids is 1. The Kier molecular flexibility index (Phi) is 20.7. The number of rotatable bonds is 19. The van der Waals surface area contributed by atoms with Gasteiger partial charge in [0.25, 0.3) is 5.79 Å². The second-order valence-corrected chi connectivity index (χ2v) is 17.6. The molecule has 410 valence electrons. The normalized spacial score (nSPS) is 45.0. The molecule has 0 aromatic rings. The summed E-state index contributed by atoms with van der Waals surface area (Å²) in [5.74, 6) is -7.56. The quantitative estimate of drug-likeness (QED) is 0.0571. The average molecular weight is 1040 g/mol. The van der Waals surface area contributed by atoms with Gasteiger partial charge in [-0.25, -0.2) is 4.79 Å².